The molecule has 0 spiro atoms. The Morgan fingerprint density at radius 3 is 1.86 bits per heavy atom. The molecule has 0 saturated heterocycles. The van der Waals surface area contributed by atoms with Gasteiger partial charge < -0.3 is 15.7 Å². The fourth-order valence-corrected chi connectivity index (χ4v) is 2.09. The summed E-state index contributed by atoms with van der Waals surface area (Å²) in [7, 11) is 0. The molecule has 0 aliphatic rings. The van der Waals surface area contributed by atoms with Crippen molar-refractivity contribution >= 4 is 23.7 Å². The molecule has 28 heavy (non-hydrogen) atoms. The van der Waals surface area contributed by atoms with Crippen LogP contribution in [0.3, 0.4) is 0 Å². The fourth-order valence-electron chi connectivity index (χ4n) is 2.09. The molecule has 0 aromatic rings. The number of carbonyl (C=O) groups is 4. The van der Waals surface area contributed by atoms with Gasteiger partial charge in [-0.1, -0.05) is 13.8 Å². The normalized spacial score (nSPS) is 15.9. The minimum absolute atomic E-state index is 0.456. The molecule has 0 aliphatic carbocycles. The van der Waals surface area contributed by atoms with Gasteiger partial charge in [-0.3, -0.25) is 24.9 Å². The van der Waals surface area contributed by atoms with E-state index in [0.29, 0.717) is 0 Å². The molecule has 0 radical (unpaired) electrons. The zero-order chi connectivity index (χ0) is 22.2. The van der Waals surface area contributed by atoms with Crippen LogP contribution >= 0.6 is 0 Å². The van der Waals surface area contributed by atoms with Crippen LogP contribution in [0.25, 0.3) is 0 Å². The Morgan fingerprint density at radius 2 is 1.46 bits per heavy atom. The molecule has 0 bridgehead atoms. The van der Waals surface area contributed by atoms with Gasteiger partial charge in [0.15, 0.2) is 0 Å². The molecule has 0 heterocycles. The largest absolute Gasteiger partial charge is 0.480 e. The Morgan fingerprint density at radius 1 is 0.929 bits per heavy atom. The number of hydrogen-bond donors (Lipinski definition) is 6. The summed E-state index contributed by atoms with van der Waals surface area (Å²) in [5.74, 6) is -4.90. The van der Waals surface area contributed by atoms with Crippen molar-refractivity contribution in [2.24, 2.45) is 5.92 Å². The Hall–Kier alpha value is -2.41. The van der Waals surface area contributed by atoms with E-state index in [1.807, 2.05) is 10.6 Å². The highest BCUT2D eigenvalue weighted by atomic mass is 19.4. The Balaban J connectivity index is 4.94. The molecule has 0 fully saturated rings. The van der Waals surface area contributed by atoms with Crippen LogP contribution in [0.4, 0.5) is 13.2 Å². The summed E-state index contributed by atoms with van der Waals surface area (Å²) in [4.78, 5) is 46.1. The highest BCUT2D eigenvalue weighted by molar-refractivity contribution is 5.90. The second-order valence-corrected chi connectivity index (χ2v) is 6.52. The van der Waals surface area contributed by atoms with Crippen molar-refractivity contribution in [3.63, 3.8) is 0 Å². The first-order valence-corrected chi connectivity index (χ1v) is 8.29. The second-order valence-electron chi connectivity index (χ2n) is 6.52. The van der Waals surface area contributed by atoms with Crippen LogP contribution in [-0.4, -0.2) is 64.3 Å². The molecule has 13 heteroatoms. The van der Waals surface area contributed by atoms with Crippen LogP contribution in [0, 0.1) is 5.92 Å². The average Bonchev–Trinajstić information content (AvgIpc) is 2.56. The van der Waals surface area contributed by atoms with Gasteiger partial charge in [0.2, 0.25) is 11.8 Å². The molecule has 4 atom stereocenters. The van der Waals surface area contributed by atoms with E-state index in [1.54, 1.807) is 13.8 Å². The van der Waals surface area contributed by atoms with E-state index < -0.39 is 66.4 Å². The number of carbonyl (C=O) groups excluding carboxylic acids is 3. The molecule has 0 aromatic carbocycles. The first kappa shape index (κ1) is 25.6. The summed E-state index contributed by atoms with van der Waals surface area (Å²) in [6.07, 6.45) is -6.03. The number of carboxylic acids is 1. The molecule has 6 N–H and O–H groups in total. The number of hydrogen-bond acceptors (Lipinski definition) is 6. The van der Waals surface area contributed by atoms with Crippen molar-refractivity contribution in [3.8, 4) is 0 Å². The van der Waals surface area contributed by atoms with Gasteiger partial charge in [-0.15, -0.1) is 0 Å². The molecule has 0 aliphatic heterocycles. The summed E-state index contributed by atoms with van der Waals surface area (Å²) in [6.45, 7) is 5.33. The lowest BCUT2D eigenvalue weighted by Crippen LogP contribution is -2.55. The van der Waals surface area contributed by atoms with Crippen LogP contribution in [0.5, 0.6) is 0 Å². The number of nitrogens with one attached hydrogen (secondary N) is 4. The van der Waals surface area contributed by atoms with E-state index in [-0.39, 0.29) is 0 Å². The van der Waals surface area contributed by atoms with Gasteiger partial charge >= 0.3 is 12.1 Å². The SMILES string of the molecule is CC(C)[C@H](NC(=O)[C@@H](C)NC(=O)CC(N[C@@H](C)C(=O)NO)C(F)(F)F)C(=O)O. The van der Waals surface area contributed by atoms with Gasteiger partial charge in [0, 0.05) is 0 Å². The van der Waals surface area contributed by atoms with Crippen LogP contribution in [0.2, 0.25) is 0 Å². The van der Waals surface area contributed by atoms with Gasteiger partial charge in [0.05, 0.1) is 12.5 Å². The minimum atomic E-state index is -4.89. The Labute approximate surface area is 159 Å². The van der Waals surface area contributed by atoms with Crippen molar-refractivity contribution in [1.82, 2.24) is 21.4 Å². The number of hydroxylamine groups is 1. The highest BCUT2D eigenvalue weighted by Crippen LogP contribution is 2.23. The highest BCUT2D eigenvalue weighted by Gasteiger charge is 2.42. The van der Waals surface area contributed by atoms with Gasteiger partial charge in [-0.05, 0) is 19.8 Å². The lowest BCUT2D eigenvalue weighted by molar-refractivity contribution is -0.165. The van der Waals surface area contributed by atoms with Crippen molar-refractivity contribution in [3.05, 3.63) is 0 Å². The van der Waals surface area contributed by atoms with Crippen LogP contribution in [0.15, 0.2) is 0 Å². The number of alkyl halides is 3. The lowest BCUT2D eigenvalue weighted by Gasteiger charge is -2.25. The maximum atomic E-state index is 13.1. The Kier molecular flexibility index (Phi) is 9.87. The molecule has 0 rings (SSSR count). The lowest BCUT2D eigenvalue weighted by atomic mass is 10.0. The molecule has 162 valence electrons. The molecule has 0 saturated carbocycles. The van der Waals surface area contributed by atoms with Gasteiger partial charge in [-0.25, -0.2) is 10.3 Å². The third-order valence-electron chi connectivity index (χ3n) is 3.74. The van der Waals surface area contributed by atoms with Crippen molar-refractivity contribution in [2.75, 3.05) is 0 Å². The quantitative estimate of drug-likeness (QED) is 0.208. The van der Waals surface area contributed by atoms with Gasteiger partial charge in [-0.2, -0.15) is 13.2 Å². The number of amides is 3. The standard InChI is InChI=1S/C15H25F3N4O6/c1-6(2)11(14(26)27)21-12(24)7(3)20-10(23)5-9(15(16,17)18)19-8(4)13(25)22-28/h6-9,11,19,28H,5H2,1-4H3,(H,20,23)(H,21,24)(H,22,25)(H,26,27)/t7-,8+,9?,11+/m1/s1. The van der Waals surface area contributed by atoms with Gasteiger partial charge in [0.1, 0.15) is 18.1 Å². The number of rotatable bonds is 10. The van der Waals surface area contributed by atoms with Crippen LogP contribution in [-0.2, 0) is 19.2 Å². The number of halogens is 3. The zero-order valence-electron chi connectivity index (χ0n) is 15.8. The summed E-state index contributed by atoms with van der Waals surface area (Å²) < 4.78 is 39.2. The predicted octanol–water partition coefficient (Wildman–Crippen LogP) is -0.479. The zero-order valence-corrected chi connectivity index (χ0v) is 15.8. The molecule has 0 aromatic heterocycles. The van der Waals surface area contributed by atoms with E-state index in [1.165, 1.54) is 12.4 Å². The maximum absolute atomic E-state index is 13.1. The third-order valence-corrected chi connectivity index (χ3v) is 3.74. The van der Waals surface area contributed by atoms with E-state index in [0.717, 1.165) is 6.92 Å². The summed E-state index contributed by atoms with van der Waals surface area (Å²) >= 11 is 0. The topological polar surface area (TPSA) is 157 Å². The van der Waals surface area contributed by atoms with E-state index in [9.17, 15) is 32.3 Å². The number of aliphatic carboxylic acids is 1. The smallest absolute Gasteiger partial charge is 0.404 e. The molecule has 3 amide bonds. The summed E-state index contributed by atoms with van der Waals surface area (Å²) in [5, 5.41) is 23.6. The predicted molar refractivity (Wildman–Crippen MR) is 89.0 cm³/mol. The van der Waals surface area contributed by atoms with Crippen LogP contribution < -0.4 is 21.4 Å². The monoisotopic (exact) mass is 414 g/mol. The van der Waals surface area contributed by atoms with E-state index in [4.69, 9.17) is 10.3 Å². The van der Waals surface area contributed by atoms with E-state index in [2.05, 4.69) is 5.32 Å². The first-order valence-electron chi connectivity index (χ1n) is 8.29. The summed E-state index contributed by atoms with van der Waals surface area (Å²) in [5.41, 5.74) is 1.19. The maximum Gasteiger partial charge on any atom is 0.404 e. The Bertz CT molecular complexity index is 585. The first-order chi connectivity index (χ1) is 12.7. The van der Waals surface area contributed by atoms with E-state index >= 15 is 0 Å². The van der Waals surface area contributed by atoms with Crippen molar-refractivity contribution in [2.45, 2.75) is 64.5 Å². The third kappa shape index (κ3) is 8.52. The molecular formula is C15H25F3N4O6. The fraction of sp³-hybridized carbons (Fsp3) is 0.733. The molecule has 10 nitrogen and oxygen atoms in total. The number of carboxylic acid groups (broad SMARTS) is 1. The average molecular weight is 414 g/mol. The molecule has 1 unspecified atom stereocenters. The van der Waals surface area contributed by atoms with Crippen LogP contribution in [0.1, 0.15) is 34.1 Å². The van der Waals surface area contributed by atoms with Crippen molar-refractivity contribution in [1.29, 1.82) is 0 Å². The van der Waals surface area contributed by atoms with Gasteiger partial charge in [0.25, 0.3) is 5.91 Å². The second kappa shape index (κ2) is 10.8. The minimum Gasteiger partial charge on any atom is -0.480 e. The molecular weight excluding hydrogens is 389 g/mol. The van der Waals surface area contributed by atoms with Crippen molar-refractivity contribution < 1.29 is 42.7 Å². The summed E-state index contributed by atoms with van der Waals surface area (Å²) in [6, 6.07) is -6.39.